The molecule has 1 aliphatic carbocycles. The molecule has 1 saturated carbocycles. The number of cyclic esters (lactones) is 1. The summed E-state index contributed by atoms with van der Waals surface area (Å²) in [6.45, 7) is 12.2. The second kappa shape index (κ2) is 2.48. The number of hydrogen-bond donors (Lipinski definition) is 0. The number of ether oxygens (including phenoxy) is 1. The van der Waals surface area contributed by atoms with Crippen molar-refractivity contribution in [1.82, 2.24) is 0 Å². The maximum absolute atomic E-state index is 10.9. The van der Waals surface area contributed by atoms with Crippen LogP contribution in [0.4, 0.5) is 0 Å². The van der Waals surface area contributed by atoms with Crippen molar-refractivity contribution in [3.8, 4) is 0 Å². The summed E-state index contributed by atoms with van der Waals surface area (Å²) in [5, 5.41) is 0. The van der Waals surface area contributed by atoms with Crippen molar-refractivity contribution in [1.29, 1.82) is 0 Å². The quantitative estimate of drug-likeness (QED) is 0.505. The Bertz CT molecular complexity index is 212. The molecule has 0 aromatic carbocycles. The van der Waals surface area contributed by atoms with E-state index < -0.39 is 0 Å². The van der Waals surface area contributed by atoms with Crippen molar-refractivity contribution < 1.29 is 9.53 Å². The van der Waals surface area contributed by atoms with Gasteiger partial charge < -0.3 is 4.74 Å². The summed E-state index contributed by atoms with van der Waals surface area (Å²) in [5.41, 5.74) is -0.128. The first-order chi connectivity index (χ1) is 5.62. The van der Waals surface area contributed by atoms with Crippen molar-refractivity contribution in [3.63, 3.8) is 0 Å². The number of rotatable bonds is 0. The molecule has 1 spiro atoms. The fraction of sp³-hybridized carbons (Fsp3) is 0.700. The lowest BCUT2D eigenvalue weighted by Gasteiger charge is -2.24. The highest BCUT2D eigenvalue weighted by atomic mass is 16.5. The minimum atomic E-state index is -0.128. The zero-order chi connectivity index (χ0) is 8.77. The van der Waals surface area contributed by atoms with E-state index in [1.54, 1.807) is 0 Å². The number of carbonyl (C=O) groups is 1. The van der Waals surface area contributed by atoms with Gasteiger partial charge in [0.1, 0.15) is 0 Å². The molecule has 1 aliphatic heterocycles. The van der Waals surface area contributed by atoms with E-state index in [9.17, 15) is 4.79 Å². The number of esters is 1. The lowest BCUT2D eigenvalue weighted by atomic mass is 9.78. The van der Waals surface area contributed by atoms with Crippen molar-refractivity contribution in [2.24, 2.45) is 17.3 Å². The second-order valence-corrected chi connectivity index (χ2v) is 4.01. The van der Waals surface area contributed by atoms with Gasteiger partial charge in [0.15, 0.2) is 0 Å². The summed E-state index contributed by atoms with van der Waals surface area (Å²) in [7, 11) is 0. The maximum Gasteiger partial charge on any atom is 0.306 e. The van der Waals surface area contributed by atoms with Crippen molar-refractivity contribution in [3.05, 3.63) is 13.8 Å². The molecule has 2 heteroatoms. The third-order valence-corrected chi connectivity index (χ3v) is 3.03. The van der Waals surface area contributed by atoms with Gasteiger partial charge in [0.05, 0.1) is 13.0 Å². The molecule has 2 nitrogen and oxygen atoms in total. The van der Waals surface area contributed by atoms with Crippen LogP contribution in [0.2, 0.25) is 0 Å². The van der Waals surface area contributed by atoms with Gasteiger partial charge in [-0.05, 0) is 38.5 Å². The first-order valence-electron chi connectivity index (χ1n) is 4.29. The molecule has 0 aromatic rings. The van der Waals surface area contributed by atoms with Crippen LogP contribution >= 0.6 is 0 Å². The predicted molar refractivity (Wildman–Crippen MR) is 42.8 cm³/mol. The van der Waals surface area contributed by atoms with E-state index in [0.29, 0.717) is 13.0 Å². The Morgan fingerprint density at radius 1 is 1.50 bits per heavy atom. The van der Waals surface area contributed by atoms with Gasteiger partial charge in [-0.1, -0.05) is 0 Å². The molecule has 0 bridgehead atoms. The molecule has 1 saturated heterocycles. The van der Waals surface area contributed by atoms with E-state index in [-0.39, 0.29) is 23.2 Å². The molecule has 4 radical (unpaired) electrons. The van der Waals surface area contributed by atoms with E-state index >= 15 is 0 Å². The average Bonchev–Trinajstić information content (AvgIpc) is 2.43. The van der Waals surface area contributed by atoms with Gasteiger partial charge in [-0.15, -0.1) is 0 Å². The lowest BCUT2D eigenvalue weighted by molar-refractivity contribution is -0.137. The highest BCUT2D eigenvalue weighted by Crippen LogP contribution is 2.51. The molecule has 3 atom stereocenters. The van der Waals surface area contributed by atoms with Gasteiger partial charge in [0, 0.05) is 5.41 Å². The Balaban J connectivity index is 2.16. The Kier molecular flexibility index (Phi) is 1.67. The smallest absolute Gasteiger partial charge is 0.306 e. The standard InChI is InChI=1S/C10H12O2/c1-7-3-8(2)10(4-7)5-9(11)12-6-10/h1-2,7-8H,3-6H2. The molecular formula is C10H12O2. The summed E-state index contributed by atoms with van der Waals surface area (Å²) >= 11 is 0. The molecule has 0 amide bonds. The van der Waals surface area contributed by atoms with E-state index in [4.69, 9.17) is 18.6 Å². The van der Waals surface area contributed by atoms with Crippen LogP contribution in [0.5, 0.6) is 0 Å². The maximum atomic E-state index is 10.9. The molecule has 1 heterocycles. The first kappa shape index (κ1) is 8.09. The summed E-state index contributed by atoms with van der Waals surface area (Å²) in [5.74, 6) is 0.0630. The number of carbonyl (C=O) groups excluding carboxylic acids is 1. The van der Waals surface area contributed by atoms with Crippen LogP contribution in [0.25, 0.3) is 0 Å². The third-order valence-electron chi connectivity index (χ3n) is 3.03. The van der Waals surface area contributed by atoms with Crippen LogP contribution in [-0.4, -0.2) is 12.6 Å². The van der Waals surface area contributed by atoms with E-state index in [1.807, 2.05) is 0 Å². The molecule has 2 aliphatic rings. The summed E-state index contributed by atoms with van der Waals surface area (Å²) in [6.07, 6.45) is 2.11. The normalized spacial score (nSPS) is 47.0. The summed E-state index contributed by atoms with van der Waals surface area (Å²) in [4.78, 5) is 10.9. The van der Waals surface area contributed by atoms with Gasteiger partial charge in [-0.25, -0.2) is 0 Å². The van der Waals surface area contributed by atoms with Crippen LogP contribution < -0.4 is 0 Å². The van der Waals surface area contributed by atoms with Crippen molar-refractivity contribution in [2.45, 2.75) is 19.3 Å². The predicted octanol–water partition coefficient (Wildman–Crippen LogP) is 1.37. The number of hydrogen-bond acceptors (Lipinski definition) is 2. The van der Waals surface area contributed by atoms with Crippen LogP contribution in [0.3, 0.4) is 0 Å². The topological polar surface area (TPSA) is 26.3 Å². The van der Waals surface area contributed by atoms with E-state index in [0.717, 1.165) is 12.8 Å². The van der Waals surface area contributed by atoms with Gasteiger partial charge in [-0.2, -0.15) is 0 Å². The molecule has 2 fully saturated rings. The van der Waals surface area contributed by atoms with Crippen LogP contribution in [0, 0.1) is 31.1 Å². The average molecular weight is 164 g/mol. The first-order valence-corrected chi connectivity index (χ1v) is 4.29. The summed E-state index contributed by atoms with van der Waals surface area (Å²) in [6, 6.07) is 0. The summed E-state index contributed by atoms with van der Waals surface area (Å²) < 4.78 is 4.93. The van der Waals surface area contributed by atoms with E-state index in [2.05, 4.69) is 0 Å². The largest absolute Gasteiger partial charge is 0.465 e. The van der Waals surface area contributed by atoms with Crippen LogP contribution in [0.1, 0.15) is 19.3 Å². The molecule has 2 rings (SSSR count). The monoisotopic (exact) mass is 164 g/mol. The van der Waals surface area contributed by atoms with Gasteiger partial charge in [-0.3, -0.25) is 4.79 Å². The Morgan fingerprint density at radius 3 is 2.67 bits per heavy atom. The Hall–Kier alpha value is -0.530. The molecule has 64 valence electrons. The molecule has 0 aromatic heterocycles. The third kappa shape index (κ3) is 1.05. The molecule has 3 unspecified atom stereocenters. The fourth-order valence-corrected chi connectivity index (χ4v) is 2.32. The zero-order valence-electron chi connectivity index (χ0n) is 6.95. The van der Waals surface area contributed by atoms with Crippen molar-refractivity contribution in [2.75, 3.05) is 6.61 Å². The Labute approximate surface area is 73.3 Å². The molecule has 12 heavy (non-hydrogen) atoms. The van der Waals surface area contributed by atoms with Crippen LogP contribution in [0.15, 0.2) is 0 Å². The second-order valence-electron chi connectivity index (χ2n) is 4.01. The van der Waals surface area contributed by atoms with Gasteiger partial charge in [0.25, 0.3) is 0 Å². The minimum Gasteiger partial charge on any atom is -0.465 e. The van der Waals surface area contributed by atoms with Gasteiger partial charge in [0.2, 0.25) is 0 Å². The highest BCUT2D eigenvalue weighted by molar-refractivity contribution is 5.72. The molecular weight excluding hydrogens is 152 g/mol. The SMILES string of the molecule is [CH]C1CC([CH])C2(COC(=O)C2)C1. The molecule has 0 N–H and O–H groups in total. The Morgan fingerprint density at radius 2 is 2.25 bits per heavy atom. The minimum absolute atomic E-state index is 0.0407. The van der Waals surface area contributed by atoms with Crippen LogP contribution in [-0.2, 0) is 9.53 Å². The zero-order valence-corrected chi connectivity index (χ0v) is 6.95. The lowest BCUT2D eigenvalue weighted by Crippen LogP contribution is -2.24. The van der Waals surface area contributed by atoms with E-state index in [1.165, 1.54) is 0 Å². The fourth-order valence-electron chi connectivity index (χ4n) is 2.32. The highest BCUT2D eigenvalue weighted by Gasteiger charge is 2.49. The van der Waals surface area contributed by atoms with Crippen molar-refractivity contribution >= 4 is 5.97 Å². The van der Waals surface area contributed by atoms with Gasteiger partial charge >= 0.3 is 5.97 Å².